The summed E-state index contributed by atoms with van der Waals surface area (Å²) in [6, 6.07) is 57.4. The van der Waals surface area contributed by atoms with E-state index in [1.807, 2.05) is 24.5 Å². The van der Waals surface area contributed by atoms with Crippen LogP contribution in [0.1, 0.15) is 27.8 Å². The zero-order valence-electron chi connectivity index (χ0n) is 28.8. The second kappa shape index (κ2) is 11.6. The molecule has 53 heavy (non-hydrogen) atoms. The minimum absolute atomic E-state index is 0.0437. The molecule has 1 N–H and O–H groups in total. The van der Waals surface area contributed by atoms with E-state index < -0.39 is 5.41 Å². The molecule has 2 aliphatic heterocycles. The van der Waals surface area contributed by atoms with E-state index in [-0.39, 0.29) is 6.17 Å². The van der Waals surface area contributed by atoms with Crippen LogP contribution in [0.3, 0.4) is 0 Å². The number of pyridine rings is 1. The first kappa shape index (κ1) is 29.8. The number of hydrogen-bond acceptors (Lipinski definition) is 4. The van der Waals surface area contributed by atoms with Crippen LogP contribution in [0.5, 0.6) is 0 Å². The van der Waals surface area contributed by atoms with Crippen LogP contribution < -0.4 is 10.2 Å². The van der Waals surface area contributed by atoms with Crippen molar-refractivity contribution in [2.75, 3.05) is 10.2 Å². The fraction of sp³-hybridized carbons (Fsp3) is 0.0408. The smallest absolute Gasteiger partial charge is 0.226 e. The molecular weight excluding hydrogens is 647 g/mol. The van der Waals surface area contributed by atoms with Crippen molar-refractivity contribution in [3.05, 3.63) is 216 Å². The molecule has 0 spiro atoms. The van der Waals surface area contributed by atoms with Gasteiger partial charge in [-0.1, -0.05) is 127 Å². The molecule has 4 heterocycles. The summed E-state index contributed by atoms with van der Waals surface area (Å²) in [7, 11) is 0. The van der Waals surface area contributed by atoms with Gasteiger partial charge in [0.05, 0.1) is 5.41 Å². The number of anilines is 2. The Morgan fingerprint density at radius 3 is 1.79 bits per heavy atom. The summed E-state index contributed by atoms with van der Waals surface area (Å²) in [6.07, 6.45) is 10.4. The Morgan fingerprint density at radius 1 is 0.566 bits per heavy atom. The van der Waals surface area contributed by atoms with E-state index in [9.17, 15) is 0 Å². The van der Waals surface area contributed by atoms with E-state index in [1.54, 1.807) is 0 Å². The highest BCUT2D eigenvalue weighted by Crippen LogP contribution is 2.57. The summed E-state index contributed by atoms with van der Waals surface area (Å²) in [5.41, 5.74) is 16.1. The van der Waals surface area contributed by atoms with Gasteiger partial charge in [-0.15, -0.1) is 0 Å². The zero-order valence-corrected chi connectivity index (χ0v) is 28.8. The molecule has 0 amide bonds. The molecule has 1 atom stereocenters. The van der Waals surface area contributed by atoms with Crippen molar-refractivity contribution in [1.82, 2.24) is 4.98 Å². The highest BCUT2D eigenvalue weighted by molar-refractivity contribution is 6.01. The number of aromatic nitrogens is 1. The lowest BCUT2D eigenvalue weighted by Crippen LogP contribution is -2.31. The van der Waals surface area contributed by atoms with Gasteiger partial charge in [0.25, 0.3) is 0 Å². The maximum Gasteiger partial charge on any atom is 0.226 e. The Morgan fingerprint density at radius 2 is 1.13 bits per heavy atom. The number of benzene rings is 6. The van der Waals surface area contributed by atoms with Gasteiger partial charge in [-0.2, -0.15) is 0 Å². The summed E-state index contributed by atoms with van der Waals surface area (Å²) < 4.78 is 6.29. The van der Waals surface area contributed by atoms with Crippen LogP contribution >= 0.6 is 0 Å². The van der Waals surface area contributed by atoms with Crippen molar-refractivity contribution >= 4 is 28.1 Å². The fourth-order valence-electron chi connectivity index (χ4n) is 8.78. The van der Waals surface area contributed by atoms with Gasteiger partial charge in [0.1, 0.15) is 17.4 Å². The Hall–Kier alpha value is -6.91. The van der Waals surface area contributed by atoms with Crippen LogP contribution in [0.2, 0.25) is 0 Å². The van der Waals surface area contributed by atoms with Gasteiger partial charge in [0, 0.05) is 24.0 Å². The summed E-state index contributed by atoms with van der Waals surface area (Å²) in [5, 5.41) is 4.74. The number of nitrogens with one attached hydrogen (secondary N) is 1. The molecule has 8 aromatic rings. The van der Waals surface area contributed by atoms with Crippen LogP contribution in [-0.4, -0.2) is 11.1 Å². The number of furan rings is 1. The monoisotopic (exact) mass is 679 g/mol. The summed E-state index contributed by atoms with van der Waals surface area (Å²) >= 11 is 0. The van der Waals surface area contributed by atoms with Gasteiger partial charge < -0.3 is 9.73 Å². The summed E-state index contributed by atoms with van der Waals surface area (Å²) in [4.78, 5) is 6.48. The summed E-state index contributed by atoms with van der Waals surface area (Å²) in [5.74, 6) is 0.863. The summed E-state index contributed by atoms with van der Waals surface area (Å²) in [6.45, 7) is 0. The maximum absolute atomic E-state index is 6.29. The van der Waals surface area contributed by atoms with Crippen molar-refractivity contribution in [3.63, 3.8) is 0 Å². The molecule has 0 bridgehead atoms. The maximum atomic E-state index is 6.29. The van der Waals surface area contributed by atoms with E-state index in [0.717, 1.165) is 39.2 Å². The van der Waals surface area contributed by atoms with Crippen molar-refractivity contribution in [2.24, 2.45) is 0 Å². The lowest BCUT2D eigenvalue weighted by Gasteiger charge is -2.34. The minimum Gasteiger partial charge on any atom is -0.438 e. The topological polar surface area (TPSA) is 41.3 Å². The number of para-hydroxylation sites is 1. The lowest BCUT2D eigenvalue weighted by molar-refractivity contribution is 0.608. The molecular formula is C49H33N3O. The first-order valence-electron chi connectivity index (χ1n) is 18.1. The molecule has 250 valence electrons. The third-order valence-corrected chi connectivity index (χ3v) is 11.3. The highest BCUT2D eigenvalue weighted by Gasteiger charge is 2.46. The first-order valence-corrected chi connectivity index (χ1v) is 18.1. The van der Waals surface area contributed by atoms with Crippen molar-refractivity contribution in [3.8, 4) is 33.4 Å². The van der Waals surface area contributed by atoms with Crippen molar-refractivity contribution in [2.45, 2.75) is 11.6 Å². The van der Waals surface area contributed by atoms with Crippen LogP contribution in [0.4, 0.5) is 11.6 Å². The molecule has 11 rings (SSSR count). The van der Waals surface area contributed by atoms with E-state index in [0.29, 0.717) is 0 Å². The van der Waals surface area contributed by atoms with Gasteiger partial charge in [-0.05, 0) is 109 Å². The second-order valence-corrected chi connectivity index (χ2v) is 14.0. The van der Waals surface area contributed by atoms with Gasteiger partial charge in [0.15, 0.2) is 0 Å². The molecule has 2 aromatic heterocycles. The largest absolute Gasteiger partial charge is 0.438 e. The van der Waals surface area contributed by atoms with Gasteiger partial charge in [0.2, 0.25) is 5.88 Å². The molecule has 3 aliphatic rings. The molecule has 0 fully saturated rings. The average Bonchev–Trinajstić information content (AvgIpc) is 3.88. The molecule has 6 aromatic carbocycles. The van der Waals surface area contributed by atoms with E-state index in [1.165, 1.54) is 50.1 Å². The standard InChI is InChI=1S/C49H33N3O/c1-3-9-38(10-4-1)49(39-11-5-2-6-12-39)43-29-35(19-22-40(43)41-23-20-36(30-44(41)49)34-25-27-50-28-26-34)32-15-17-33(18-16-32)37-21-24-46-51-47-42-13-7-8-14-45(42)53-48(47)52(46)31-37/h1-31,46,51H. The van der Waals surface area contributed by atoms with E-state index in [4.69, 9.17) is 4.42 Å². The third kappa shape index (κ3) is 4.45. The van der Waals surface area contributed by atoms with Crippen molar-refractivity contribution in [1.29, 1.82) is 0 Å². The Bertz CT molecular complexity index is 2710. The van der Waals surface area contributed by atoms with Crippen LogP contribution in [0.15, 0.2) is 193 Å². The minimum atomic E-state index is -0.500. The number of fused-ring (bicyclic) bond motifs is 8. The highest BCUT2D eigenvalue weighted by atomic mass is 16.4. The zero-order chi connectivity index (χ0) is 34.9. The quantitative estimate of drug-likeness (QED) is 0.197. The Balaban J connectivity index is 1.02. The average molecular weight is 680 g/mol. The van der Waals surface area contributed by atoms with E-state index in [2.05, 4.69) is 179 Å². The number of rotatable bonds is 5. The Labute approximate surface area is 308 Å². The van der Waals surface area contributed by atoms with Gasteiger partial charge in [-0.25, -0.2) is 0 Å². The third-order valence-electron chi connectivity index (χ3n) is 11.3. The molecule has 0 radical (unpaired) electrons. The van der Waals surface area contributed by atoms with Gasteiger partial charge in [-0.3, -0.25) is 9.88 Å². The molecule has 1 aliphatic carbocycles. The molecule has 4 nitrogen and oxygen atoms in total. The predicted molar refractivity (Wildman–Crippen MR) is 216 cm³/mol. The number of allylic oxidation sites excluding steroid dienone is 2. The van der Waals surface area contributed by atoms with Crippen LogP contribution in [-0.2, 0) is 5.41 Å². The SMILES string of the molecule is C1=CC2Nc3c(oc4ccccc34)N2C=C1c1ccc(-c2ccc3c(c2)C(c2ccccc2)(c2ccccc2)c2cc(-c4ccncc4)ccc2-3)cc1. The molecule has 4 heteroatoms. The first-order chi connectivity index (χ1) is 26.3. The normalized spacial score (nSPS) is 16.0. The molecule has 1 unspecified atom stereocenters. The van der Waals surface area contributed by atoms with Crippen LogP contribution in [0, 0.1) is 0 Å². The fourth-order valence-corrected chi connectivity index (χ4v) is 8.78. The van der Waals surface area contributed by atoms with E-state index >= 15 is 0 Å². The van der Waals surface area contributed by atoms with Crippen LogP contribution in [0.25, 0.3) is 49.9 Å². The number of nitrogens with zero attached hydrogens (tertiary/aromatic N) is 2. The lowest BCUT2D eigenvalue weighted by atomic mass is 9.67. The Kier molecular flexibility index (Phi) is 6.49. The second-order valence-electron chi connectivity index (χ2n) is 14.0. The van der Waals surface area contributed by atoms with Gasteiger partial charge >= 0.3 is 0 Å². The molecule has 0 saturated carbocycles. The number of hydrogen-bond donors (Lipinski definition) is 1. The van der Waals surface area contributed by atoms with Crippen molar-refractivity contribution < 1.29 is 4.42 Å². The predicted octanol–water partition coefficient (Wildman–Crippen LogP) is 11.7. The molecule has 0 saturated heterocycles.